The molecule has 0 saturated heterocycles. The van der Waals surface area contributed by atoms with Crippen LogP contribution in [0.15, 0.2) is 77.3 Å². The number of carbonyl (C=O) groups excluding carboxylic acids is 1. The van der Waals surface area contributed by atoms with Crippen LogP contribution in [-0.4, -0.2) is 23.8 Å². The number of rotatable bonds is 6. The molecule has 1 amide bonds. The molecular weight excluding hydrogens is 446 g/mol. The van der Waals surface area contributed by atoms with Crippen LogP contribution in [-0.2, 0) is 9.53 Å². The van der Waals surface area contributed by atoms with E-state index in [9.17, 15) is 14.7 Å². The van der Waals surface area contributed by atoms with Gasteiger partial charge in [-0.05, 0) is 39.9 Å². The van der Waals surface area contributed by atoms with Crippen LogP contribution in [0.5, 0.6) is 0 Å². The Morgan fingerprint density at radius 3 is 2.20 bits per heavy atom. The second-order valence-corrected chi connectivity index (χ2v) is 8.09. The maximum absolute atomic E-state index is 12.5. The highest BCUT2D eigenvalue weighted by molar-refractivity contribution is 9.10. The van der Waals surface area contributed by atoms with Crippen molar-refractivity contribution in [2.45, 2.75) is 18.4 Å². The molecule has 0 spiro atoms. The van der Waals surface area contributed by atoms with Gasteiger partial charge in [0.1, 0.15) is 6.61 Å². The Morgan fingerprint density at radius 2 is 1.60 bits per heavy atom. The predicted octanol–water partition coefficient (Wildman–Crippen LogP) is 5.50. The van der Waals surface area contributed by atoms with Crippen LogP contribution in [0.2, 0.25) is 0 Å². The van der Waals surface area contributed by atoms with Gasteiger partial charge in [-0.2, -0.15) is 0 Å². The van der Waals surface area contributed by atoms with E-state index in [1.165, 1.54) is 0 Å². The molecule has 1 aliphatic carbocycles. The van der Waals surface area contributed by atoms with Crippen molar-refractivity contribution in [3.8, 4) is 11.1 Å². The Morgan fingerprint density at radius 1 is 0.967 bits per heavy atom. The van der Waals surface area contributed by atoms with E-state index in [-0.39, 0.29) is 18.9 Å². The number of hydrogen-bond acceptors (Lipinski definition) is 3. The number of amides is 1. The average Bonchev–Trinajstić information content (AvgIpc) is 3.05. The maximum atomic E-state index is 12.5. The van der Waals surface area contributed by atoms with E-state index in [0.29, 0.717) is 5.56 Å². The number of halogens is 1. The number of aliphatic carboxylic acids is 1. The molecule has 3 aromatic rings. The summed E-state index contributed by atoms with van der Waals surface area (Å²) in [7, 11) is 0. The van der Waals surface area contributed by atoms with Crippen molar-refractivity contribution >= 4 is 28.0 Å². The van der Waals surface area contributed by atoms with Crippen LogP contribution in [0.1, 0.15) is 35.1 Å². The van der Waals surface area contributed by atoms with Crippen LogP contribution >= 0.6 is 15.9 Å². The zero-order chi connectivity index (χ0) is 21.1. The summed E-state index contributed by atoms with van der Waals surface area (Å²) < 4.78 is 6.36. The Bertz CT molecular complexity index is 1050. The van der Waals surface area contributed by atoms with Gasteiger partial charge in [-0.3, -0.25) is 4.79 Å². The second kappa shape index (κ2) is 8.71. The van der Waals surface area contributed by atoms with Gasteiger partial charge in [0.15, 0.2) is 0 Å². The molecule has 1 atom stereocenters. The predicted molar refractivity (Wildman–Crippen MR) is 117 cm³/mol. The normalized spacial score (nSPS) is 13.2. The van der Waals surface area contributed by atoms with Crippen molar-refractivity contribution in [1.29, 1.82) is 0 Å². The van der Waals surface area contributed by atoms with Crippen LogP contribution in [0.3, 0.4) is 0 Å². The third-order valence-corrected chi connectivity index (χ3v) is 5.76. The van der Waals surface area contributed by atoms with Crippen molar-refractivity contribution in [2.75, 3.05) is 6.61 Å². The van der Waals surface area contributed by atoms with Crippen molar-refractivity contribution in [3.63, 3.8) is 0 Å². The van der Waals surface area contributed by atoms with Gasteiger partial charge >= 0.3 is 12.1 Å². The summed E-state index contributed by atoms with van der Waals surface area (Å²) in [4.78, 5) is 23.8. The second-order valence-electron chi connectivity index (χ2n) is 7.18. The lowest BCUT2D eigenvalue weighted by atomic mass is 9.98. The van der Waals surface area contributed by atoms with Gasteiger partial charge in [-0.25, -0.2) is 4.79 Å². The third-order valence-electron chi connectivity index (χ3n) is 5.27. The van der Waals surface area contributed by atoms with Gasteiger partial charge in [0.2, 0.25) is 0 Å². The number of nitrogens with one attached hydrogen (secondary N) is 1. The molecule has 6 heteroatoms. The van der Waals surface area contributed by atoms with E-state index in [0.717, 1.165) is 26.7 Å². The minimum atomic E-state index is -1.00. The summed E-state index contributed by atoms with van der Waals surface area (Å²) in [5.41, 5.74) is 5.25. The quantitative estimate of drug-likeness (QED) is 0.503. The topological polar surface area (TPSA) is 75.6 Å². The summed E-state index contributed by atoms with van der Waals surface area (Å²) in [5, 5.41) is 11.9. The first kappa shape index (κ1) is 20.2. The molecule has 0 aromatic heterocycles. The number of ether oxygens (including phenoxy) is 1. The smallest absolute Gasteiger partial charge is 0.407 e. The molecule has 4 rings (SSSR count). The molecule has 0 aliphatic heterocycles. The molecule has 5 nitrogen and oxygen atoms in total. The van der Waals surface area contributed by atoms with E-state index in [1.807, 2.05) is 30.3 Å². The van der Waals surface area contributed by atoms with Crippen LogP contribution in [0, 0.1) is 0 Å². The lowest BCUT2D eigenvalue weighted by Crippen LogP contribution is -2.31. The standard InChI is InChI=1S/C24H20BrNO4/c25-16-7-5-6-15(12-16)22(13-23(27)28)26-24(29)30-14-21-19-10-3-1-8-17(19)18-9-2-4-11-20(18)21/h1-12,21-22H,13-14H2,(H,26,29)(H,27,28)/t22-/m1/s1. The van der Waals surface area contributed by atoms with Gasteiger partial charge in [0, 0.05) is 10.4 Å². The maximum Gasteiger partial charge on any atom is 0.407 e. The van der Waals surface area contributed by atoms with Gasteiger partial charge in [0.05, 0.1) is 12.5 Å². The van der Waals surface area contributed by atoms with Gasteiger partial charge < -0.3 is 15.2 Å². The fourth-order valence-electron chi connectivity index (χ4n) is 3.93. The molecule has 152 valence electrons. The van der Waals surface area contributed by atoms with Crippen molar-refractivity contribution < 1.29 is 19.4 Å². The van der Waals surface area contributed by atoms with E-state index >= 15 is 0 Å². The van der Waals surface area contributed by atoms with Crippen molar-refractivity contribution in [2.24, 2.45) is 0 Å². The Kier molecular flexibility index (Phi) is 5.86. The first-order chi connectivity index (χ1) is 14.5. The lowest BCUT2D eigenvalue weighted by Gasteiger charge is -2.19. The summed E-state index contributed by atoms with van der Waals surface area (Å²) in [6.07, 6.45) is -0.871. The monoisotopic (exact) mass is 465 g/mol. The molecule has 0 saturated carbocycles. The largest absolute Gasteiger partial charge is 0.481 e. The molecule has 0 radical (unpaired) electrons. The minimum absolute atomic E-state index is 0.0491. The Balaban J connectivity index is 1.48. The number of carboxylic acid groups (broad SMARTS) is 1. The molecule has 2 N–H and O–H groups in total. The molecule has 0 fully saturated rings. The fraction of sp³-hybridized carbons (Fsp3) is 0.167. The number of alkyl carbamates (subject to hydrolysis) is 1. The first-order valence-corrected chi connectivity index (χ1v) is 10.4. The molecule has 1 aliphatic rings. The van der Waals surface area contributed by atoms with Crippen LogP contribution in [0.4, 0.5) is 4.79 Å². The average molecular weight is 466 g/mol. The Labute approximate surface area is 182 Å². The lowest BCUT2D eigenvalue weighted by molar-refractivity contribution is -0.137. The van der Waals surface area contributed by atoms with E-state index < -0.39 is 18.1 Å². The van der Waals surface area contributed by atoms with E-state index in [4.69, 9.17) is 4.74 Å². The first-order valence-electron chi connectivity index (χ1n) is 9.61. The SMILES string of the molecule is O=C(O)C[C@@H](NC(=O)OCC1c2ccccc2-c2ccccc21)c1cccc(Br)c1. The summed E-state index contributed by atoms with van der Waals surface area (Å²) in [5.74, 6) is -1.05. The molecular formula is C24H20BrNO4. The number of benzene rings is 3. The van der Waals surface area contributed by atoms with Crippen molar-refractivity contribution in [1.82, 2.24) is 5.32 Å². The minimum Gasteiger partial charge on any atom is -0.481 e. The highest BCUT2D eigenvalue weighted by atomic mass is 79.9. The highest BCUT2D eigenvalue weighted by Gasteiger charge is 2.29. The van der Waals surface area contributed by atoms with Gasteiger partial charge in [0.25, 0.3) is 0 Å². The molecule has 3 aromatic carbocycles. The summed E-state index contributed by atoms with van der Waals surface area (Å²) >= 11 is 3.38. The Hall–Kier alpha value is -3.12. The van der Waals surface area contributed by atoms with Gasteiger partial charge in [-0.15, -0.1) is 0 Å². The van der Waals surface area contributed by atoms with Crippen LogP contribution < -0.4 is 5.32 Å². The zero-order valence-corrected chi connectivity index (χ0v) is 17.6. The van der Waals surface area contributed by atoms with Crippen LogP contribution in [0.25, 0.3) is 11.1 Å². The van der Waals surface area contributed by atoms with Gasteiger partial charge in [-0.1, -0.05) is 76.6 Å². The highest BCUT2D eigenvalue weighted by Crippen LogP contribution is 2.44. The fourth-order valence-corrected chi connectivity index (χ4v) is 4.35. The van der Waals surface area contributed by atoms with E-state index in [1.54, 1.807) is 18.2 Å². The molecule has 0 heterocycles. The summed E-state index contributed by atoms with van der Waals surface area (Å²) in [6.45, 7) is 0.179. The zero-order valence-electron chi connectivity index (χ0n) is 16.0. The summed E-state index contributed by atoms with van der Waals surface area (Å²) in [6, 6.07) is 22.7. The third kappa shape index (κ3) is 4.24. The molecule has 0 bridgehead atoms. The molecule has 0 unspecified atom stereocenters. The number of fused-ring (bicyclic) bond motifs is 3. The van der Waals surface area contributed by atoms with Crippen molar-refractivity contribution in [3.05, 3.63) is 94.0 Å². The number of carbonyl (C=O) groups is 2. The number of hydrogen-bond donors (Lipinski definition) is 2. The number of carboxylic acids is 1. The van der Waals surface area contributed by atoms with E-state index in [2.05, 4.69) is 45.5 Å². The molecule has 30 heavy (non-hydrogen) atoms.